The molecule has 1 aliphatic rings. The molecule has 1 aliphatic heterocycles. The minimum Gasteiger partial charge on any atom is -0.381 e. The number of carbonyl (C=O) groups is 1. The minimum atomic E-state index is 0.180. The second-order valence-electron chi connectivity index (χ2n) is 3.59. The van der Waals surface area contributed by atoms with Crippen molar-refractivity contribution in [3.8, 4) is 0 Å². The zero-order valence-electron chi connectivity index (χ0n) is 8.67. The maximum atomic E-state index is 11.5. The van der Waals surface area contributed by atoms with Gasteiger partial charge in [-0.1, -0.05) is 0 Å². The second-order valence-corrected chi connectivity index (χ2v) is 3.97. The number of alkyl halides is 1. The molecule has 0 spiro atoms. The first kappa shape index (κ1) is 11.8. The van der Waals surface area contributed by atoms with E-state index in [1.54, 1.807) is 0 Å². The van der Waals surface area contributed by atoms with Crippen molar-refractivity contribution < 1.29 is 9.53 Å². The Balaban J connectivity index is 2.22. The quantitative estimate of drug-likeness (QED) is 0.656. The summed E-state index contributed by atoms with van der Waals surface area (Å²) in [4.78, 5) is 13.4. The maximum absolute atomic E-state index is 11.5. The van der Waals surface area contributed by atoms with Gasteiger partial charge in [0, 0.05) is 37.9 Å². The van der Waals surface area contributed by atoms with Gasteiger partial charge in [0.25, 0.3) is 0 Å². The fraction of sp³-hybridized carbons (Fsp3) is 0.900. The molecule has 0 radical (unpaired) electrons. The van der Waals surface area contributed by atoms with Crippen LogP contribution in [-0.2, 0) is 9.53 Å². The summed E-state index contributed by atoms with van der Waals surface area (Å²) in [6, 6.07) is 0. The van der Waals surface area contributed by atoms with E-state index in [2.05, 4.69) is 0 Å². The molecule has 1 heterocycles. The van der Waals surface area contributed by atoms with Gasteiger partial charge in [0.1, 0.15) is 0 Å². The molecule has 0 unspecified atom stereocenters. The second kappa shape index (κ2) is 6.25. The van der Waals surface area contributed by atoms with E-state index in [1.165, 1.54) is 0 Å². The first-order valence-corrected chi connectivity index (χ1v) is 5.72. The van der Waals surface area contributed by atoms with E-state index in [9.17, 15) is 4.79 Å². The van der Waals surface area contributed by atoms with Crippen LogP contribution in [0.1, 0.15) is 19.8 Å². The van der Waals surface area contributed by atoms with Gasteiger partial charge in [0.15, 0.2) is 0 Å². The third kappa shape index (κ3) is 3.46. The van der Waals surface area contributed by atoms with Crippen molar-refractivity contribution in [3.63, 3.8) is 0 Å². The van der Waals surface area contributed by atoms with Gasteiger partial charge in [-0.15, -0.1) is 11.6 Å². The lowest BCUT2D eigenvalue weighted by Gasteiger charge is -2.15. The molecule has 82 valence electrons. The molecule has 0 N–H and O–H groups in total. The Morgan fingerprint density at radius 3 is 3.07 bits per heavy atom. The monoisotopic (exact) mass is 219 g/mol. The van der Waals surface area contributed by atoms with E-state index < -0.39 is 0 Å². The largest absolute Gasteiger partial charge is 0.381 e. The summed E-state index contributed by atoms with van der Waals surface area (Å²) < 4.78 is 5.34. The predicted octanol–water partition coefficient (Wildman–Crippen LogP) is 1.50. The van der Waals surface area contributed by atoms with Crippen molar-refractivity contribution in [1.29, 1.82) is 0 Å². The van der Waals surface area contributed by atoms with Crippen LogP contribution in [0, 0.1) is 5.92 Å². The predicted molar refractivity (Wildman–Crippen MR) is 56.5 cm³/mol. The van der Waals surface area contributed by atoms with Crippen molar-refractivity contribution in [2.24, 2.45) is 5.92 Å². The first-order chi connectivity index (χ1) is 6.77. The lowest BCUT2D eigenvalue weighted by molar-refractivity contribution is -0.129. The van der Waals surface area contributed by atoms with Crippen molar-refractivity contribution >= 4 is 17.5 Å². The molecular formula is C10H18ClNO2. The Morgan fingerprint density at radius 2 is 2.43 bits per heavy atom. The lowest BCUT2D eigenvalue weighted by atomic mass is 10.1. The molecule has 14 heavy (non-hydrogen) atoms. The number of rotatable bonds is 5. The number of amides is 1. The number of halogens is 1. The van der Waals surface area contributed by atoms with Crippen LogP contribution in [0.2, 0.25) is 0 Å². The van der Waals surface area contributed by atoms with E-state index in [1.807, 2.05) is 11.8 Å². The number of hydrogen-bond acceptors (Lipinski definition) is 2. The average Bonchev–Trinajstić information content (AvgIpc) is 2.63. The third-order valence-electron chi connectivity index (χ3n) is 2.50. The van der Waals surface area contributed by atoms with Crippen LogP contribution in [0.3, 0.4) is 0 Å². The number of nitrogens with zero attached hydrogens (tertiary/aromatic N) is 1. The molecule has 1 amide bonds. The van der Waals surface area contributed by atoms with E-state index >= 15 is 0 Å². The standard InChI is InChI=1S/C10H18ClNO2/c1-2-14-8-9-4-6-12(7-9)10(13)3-5-11/h9H,2-8H2,1H3/t9-/m1/s1. The third-order valence-corrected chi connectivity index (χ3v) is 2.69. The molecule has 1 atom stereocenters. The van der Waals surface area contributed by atoms with Gasteiger partial charge in [0.05, 0.1) is 6.61 Å². The Bertz CT molecular complexity index is 187. The average molecular weight is 220 g/mol. The van der Waals surface area contributed by atoms with Crippen molar-refractivity contribution in [2.45, 2.75) is 19.8 Å². The first-order valence-electron chi connectivity index (χ1n) is 5.19. The van der Waals surface area contributed by atoms with Crippen LogP contribution in [0.4, 0.5) is 0 Å². The van der Waals surface area contributed by atoms with Gasteiger partial charge in [0.2, 0.25) is 5.91 Å². The Hall–Kier alpha value is -0.280. The molecule has 1 rings (SSSR count). The number of ether oxygens (including phenoxy) is 1. The highest BCUT2D eigenvalue weighted by Crippen LogP contribution is 2.17. The molecule has 0 aromatic heterocycles. The van der Waals surface area contributed by atoms with Crippen molar-refractivity contribution in [1.82, 2.24) is 4.90 Å². The highest BCUT2D eigenvalue weighted by atomic mass is 35.5. The van der Waals surface area contributed by atoms with Gasteiger partial charge in [-0.2, -0.15) is 0 Å². The molecule has 4 heteroatoms. The van der Waals surface area contributed by atoms with Crippen molar-refractivity contribution in [3.05, 3.63) is 0 Å². The molecular weight excluding hydrogens is 202 g/mol. The summed E-state index contributed by atoms with van der Waals surface area (Å²) >= 11 is 5.52. The van der Waals surface area contributed by atoms with E-state index in [-0.39, 0.29) is 5.91 Å². The summed E-state index contributed by atoms with van der Waals surface area (Å²) in [6.07, 6.45) is 1.52. The highest BCUT2D eigenvalue weighted by molar-refractivity contribution is 6.18. The van der Waals surface area contributed by atoms with E-state index in [4.69, 9.17) is 16.3 Å². The Labute approximate surface area is 90.4 Å². The molecule has 0 bridgehead atoms. The summed E-state index contributed by atoms with van der Waals surface area (Å²) in [5.41, 5.74) is 0. The van der Waals surface area contributed by atoms with E-state index in [0.717, 1.165) is 32.7 Å². The summed E-state index contributed by atoms with van der Waals surface area (Å²) in [5, 5.41) is 0. The SMILES string of the molecule is CCOC[C@@H]1CCN(C(=O)CCCl)C1. The normalized spacial score (nSPS) is 21.6. The number of hydrogen-bond donors (Lipinski definition) is 0. The highest BCUT2D eigenvalue weighted by Gasteiger charge is 2.25. The zero-order chi connectivity index (χ0) is 10.4. The van der Waals surface area contributed by atoms with Gasteiger partial charge in [-0.05, 0) is 13.3 Å². The molecule has 1 fully saturated rings. The van der Waals surface area contributed by atoms with E-state index in [0.29, 0.717) is 18.2 Å². The molecule has 0 saturated carbocycles. The van der Waals surface area contributed by atoms with Crippen LogP contribution >= 0.6 is 11.6 Å². The Morgan fingerprint density at radius 1 is 1.64 bits per heavy atom. The fourth-order valence-corrected chi connectivity index (χ4v) is 1.88. The molecule has 3 nitrogen and oxygen atoms in total. The van der Waals surface area contributed by atoms with Crippen LogP contribution in [-0.4, -0.2) is 43.0 Å². The minimum absolute atomic E-state index is 0.180. The summed E-state index contributed by atoms with van der Waals surface area (Å²) in [6.45, 7) is 5.24. The Kier molecular flexibility index (Phi) is 5.26. The van der Waals surface area contributed by atoms with Crippen LogP contribution in [0.5, 0.6) is 0 Å². The van der Waals surface area contributed by atoms with Crippen LogP contribution < -0.4 is 0 Å². The summed E-state index contributed by atoms with van der Waals surface area (Å²) in [7, 11) is 0. The number of likely N-dealkylation sites (tertiary alicyclic amines) is 1. The van der Waals surface area contributed by atoms with Crippen LogP contribution in [0.15, 0.2) is 0 Å². The van der Waals surface area contributed by atoms with Gasteiger partial charge >= 0.3 is 0 Å². The molecule has 0 aliphatic carbocycles. The summed E-state index contributed by atoms with van der Waals surface area (Å²) in [5.74, 6) is 1.12. The number of carbonyl (C=O) groups excluding carboxylic acids is 1. The van der Waals surface area contributed by atoms with Gasteiger partial charge in [-0.3, -0.25) is 4.79 Å². The molecule has 1 saturated heterocycles. The molecule has 0 aromatic rings. The molecule has 0 aromatic carbocycles. The van der Waals surface area contributed by atoms with Crippen molar-refractivity contribution in [2.75, 3.05) is 32.2 Å². The zero-order valence-corrected chi connectivity index (χ0v) is 9.42. The van der Waals surface area contributed by atoms with Gasteiger partial charge in [-0.25, -0.2) is 0 Å². The topological polar surface area (TPSA) is 29.5 Å². The lowest BCUT2D eigenvalue weighted by Crippen LogP contribution is -2.29. The fourth-order valence-electron chi connectivity index (χ4n) is 1.72. The van der Waals surface area contributed by atoms with Crippen LogP contribution in [0.25, 0.3) is 0 Å². The maximum Gasteiger partial charge on any atom is 0.223 e. The van der Waals surface area contributed by atoms with Gasteiger partial charge < -0.3 is 9.64 Å². The smallest absolute Gasteiger partial charge is 0.223 e.